The molecule has 2 aliphatic rings. The largest absolute Gasteiger partial charge is 0.375 e. The summed E-state index contributed by atoms with van der Waals surface area (Å²) < 4.78 is 10.1. The van der Waals surface area contributed by atoms with Gasteiger partial charge in [-0.3, -0.25) is 14.5 Å². The van der Waals surface area contributed by atoms with Crippen LogP contribution in [-0.2, 0) is 27.4 Å². The van der Waals surface area contributed by atoms with Crippen LogP contribution in [0.3, 0.4) is 0 Å². The third-order valence-corrected chi connectivity index (χ3v) is 6.01. The minimum Gasteiger partial charge on any atom is -0.375 e. The Bertz CT molecular complexity index is 687. The summed E-state index contributed by atoms with van der Waals surface area (Å²) in [4.78, 5) is 35.6. The fourth-order valence-electron chi connectivity index (χ4n) is 4.41. The Morgan fingerprint density at radius 3 is 2.63 bits per heavy atom. The molecule has 1 unspecified atom stereocenters. The number of aromatic nitrogens is 2. The third kappa shape index (κ3) is 6.50. The third-order valence-electron chi connectivity index (χ3n) is 6.01. The number of ether oxygens (including phenoxy) is 1. The molecule has 2 amide bonds. The normalized spacial score (nSPS) is 20.7. The molecule has 2 fully saturated rings. The van der Waals surface area contributed by atoms with Gasteiger partial charge in [0.25, 0.3) is 5.89 Å². The molecule has 3 heterocycles. The first-order valence-corrected chi connectivity index (χ1v) is 11.1. The Morgan fingerprint density at radius 1 is 1.17 bits per heavy atom. The van der Waals surface area contributed by atoms with E-state index in [2.05, 4.69) is 15.0 Å². The van der Waals surface area contributed by atoms with Gasteiger partial charge in [0.05, 0.1) is 6.54 Å². The molecule has 0 aliphatic carbocycles. The number of carbonyl (C=O) groups excluding carboxylic acids is 2. The maximum atomic E-state index is 12.9. The van der Waals surface area contributed by atoms with Gasteiger partial charge in [-0.2, -0.15) is 4.98 Å². The highest BCUT2D eigenvalue weighted by Gasteiger charge is 2.30. The van der Waals surface area contributed by atoms with Crippen LogP contribution in [0.4, 0.5) is 0 Å². The van der Waals surface area contributed by atoms with Crippen molar-refractivity contribution >= 4 is 11.8 Å². The second-order valence-corrected chi connectivity index (χ2v) is 8.33. The number of rotatable bonds is 8. The van der Waals surface area contributed by atoms with E-state index in [1.54, 1.807) is 14.0 Å². The average Bonchev–Trinajstić information content (AvgIpc) is 3.02. The molecule has 2 aliphatic heterocycles. The summed E-state index contributed by atoms with van der Waals surface area (Å²) in [5.41, 5.74) is 0. The maximum absolute atomic E-state index is 12.9. The summed E-state index contributed by atoms with van der Waals surface area (Å²) in [5, 5.41) is 3.95. The molecule has 3 rings (SSSR count). The van der Waals surface area contributed by atoms with Gasteiger partial charge in [0, 0.05) is 46.1 Å². The van der Waals surface area contributed by atoms with Crippen LogP contribution in [-0.4, -0.2) is 89.1 Å². The van der Waals surface area contributed by atoms with E-state index in [1.165, 1.54) is 25.7 Å². The zero-order valence-electron chi connectivity index (χ0n) is 18.3. The van der Waals surface area contributed by atoms with Crippen molar-refractivity contribution in [3.8, 4) is 0 Å². The van der Waals surface area contributed by atoms with Gasteiger partial charge in [0.15, 0.2) is 5.82 Å². The minimum atomic E-state index is 0.0161. The predicted octanol–water partition coefficient (Wildman–Crippen LogP) is 1.47. The van der Waals surface area contributed by atoms with Gasteiger partial charge in [-0.1, -0.05) is 18.0 Å². The van der Waals surface area contributed by atoms with Gasteiger partial charge < -0.3 is 19.1 Å². The highest BCUT2D eigenvalue weighted by atomic mass is 16.5. The van der Waals surface area contributed by atoms with Gasteiger partial charge >= 0.3 is 0 Å². The van der Waals surface area contributed by atoms with E-state index in [4.69, 9.17) is 9.26 Å². The van der Waals surface area contributed by atoms with Crippen molar-refractivity contribution in [1.29, 1.82) is 0 Å². The van der Waals surface area contributed by atoms with Crippen LogP contribution in [0.5, 0.6) is 0 Å². The lowest BCUT2D eigenvalue weighted by Gasteiger charge is -2.39. The highest BCUT2D eigenvalue weighted by Crippen LogP contribution is 2.18. The van der Waals surface area contributed by atoms with E-state index in [0.29, 0.717) is 37.8 Å². The number of piperidine rings is 1. The Morgan fingerprint density at radius 2 is 1.93 bits per heavy atom. The monoisotopic (exact) mass is 421 g/mol. The lowest BCUT2D eigenvalue weighted by Crippen LogP contribution is -2.53. The molecule has 0 N–H and O–H groups in total. The summed E-state index contributed by atoms with van der Waals surface area (Å²) in [6.07, 6.45) is 7.22. The van der Waals surface area contributed by atoms with E-state index >= 15 is 0 Å². The molecule has 1 aromatic rings. The summed E-state index contributed by atoms with van der Waals surface area (Å²) >= 11 is 0. The smallest absolute Gasteiger partial charge is 0.252 e. The molecule has 1 atom stereocenters. The fourth-order valence-corrected chi connectivity index (χ4v) is 4.41. The van der Waals surface area contributed by atoms with Gasteiger partial charge in [0.1, 0.15) is 6.61 Å². The molecule has 9 heteroatoms. The topological polar surface area (TPSA) is 92.0 Å². The summed E-state index contributed by atoms with van der Waals surface area (Å²) in [6, 6.07) is 0.0367. The van der Waals surface area contributed by atoms with Crippen molar-refractivity contribution in [2.24, 2.45) is 0 Å². The standard InChI is InChI=1S/C21H35N5O4/c1-17(27)26(13-9-19-22-20(16-29-2)30-23-19)18-8-7-12-25(14-18)21(28)15-24-10-5-3-4-6-11-24/h18H,3-16H2,1-2H3. The number of hydrogen-bond donors (Lipinski definition) is 0. The molecular weight excluding hydrogens is 386 g/mol. The number of likely N-dealkylation sites (tertiary alicyclic amines) is 2. The van der Waals surface area contributed by atoms with Gasteiger partial charge in [-0.25, -0.2) is 0 Å². The number of nitrogens with zero attached hydrogens (tertiary/aromatic N) is 5. The molecule has 9 nitrogen and oxygen atoms in total. The van der Waals surface area contributed by atoms with Gasteiger partial charge in [-0.15, -0.1) is 0 Å². The Kier molecular flexibility index (Phi) is 8.62. The second-order valence-electron chi connectivity index (χ2n) is 8.33. The van der Waals surface area contributed by atoms with Crippen molar-refractivity contribution < 1.29 is 18.8 Å². The molecule has 0 spiro atoms. The van der Waals surface area contributed by atoms with E-state index in [1.807, 2.05) is 9.80 Å². The minimum absolute atomic E-state index is 0.0161. The van der Waals surface area contributed by atoms with Crippen molar-refractivity contribution in [1.82, 2.24) is 24.8 Å². The molecular formula is C21H35N5O4. The van der Waals surface area contributed by atoms with Crippen LogP contribution in [0.1, 0.15) is 57.2 Å². The molecule has 168 valence electrons. The zero-order chi connectivity index (χ0) is 21.3. The first-order chi connectivity index (χ1) is 14.6. The maximum Gasteiger partial charge on any atom is 0.252 e. The van der Waals surface area contributed by atoms with Crippen LogP contribution in [0.15, 0.2) is 4.52 Å². The van der Waals surface area contributed by atoms with Crippen molar-refractivity contribution in [2.45, 2.75) is 64.5 Å². The summed E-state index contributed by atoms with van der Waals surface area (Å²) in [5.74, 6) is 1.21. The number of carbonyl (C=O) groups is 2. The van der Waals surface area contributed by atoms with E-state index < -0.39 is 0 Å². The van der Waals surface area contributed by atoms with Crippen LogP contribution in [0.25, 0.3) is 0 Å². The SMILES string of the molecule is COCc1nc(CCN(C(C)=O)C2CCCN(C(=O)CN3CCCCCC3)C2)no1. The van der Waals surface area contributed by atoms with Crippen LogP contribution in [0, 0.1) is 0 Å². The average molecular weight is 422 g/mol. The first kappa shape index (κ1) is 22.7. The Labute approximate surface area is 178 Å². The molecule has 2 saturated heterocycles. The predicted molar refractivity (Wildman–Crippen MR) is 111 cm³/mol. The van der Waals surface area contributed by atoms with E-state index in [0.717, 1.165) is 32.5 Å². The van der Waals surface area contributed by atoms with E-state index in [-0.39, 0.29) is 24.5 Å². The molecule has 1 aromatic heterocycles. The second kappa shape index (κ2) is 11.4. The Hall–Kier alpha value is -2.00. The highest BCUT2D eigenvalue weighted by molar-refractivity contribution is 5.78. The molecule has 0 aromatic carbocycles. The zero-order valence-corrected chi connectivity index (χ0v) is 18.3. The lowest BCUT2D eigenvalue weighted by atomic mass is 10.0. The van der Waals surface area contributed by atoms with Crippen molar-refractivity contribution in [2.75, 3.05) is 46.4 Å². The number of amides is 2. The van der Waals surface area contributed by atoms with Crippen LogP contribution < -0.4 is 0 Å². The number of methoxy groups -OCH3 is 1. The molecule has 30 heavy (non-hydrogen) atoms. The quantitative estimate of drug-likeness (QED) is 0.628. The first-order valence-electron chi connectivity index (χ1n) is 11.1. The van der Waals surface area contributed by atoms with Crippen molar-refractivity contribution in [3.05, 3.63) is 11.7 Å². The lowest BCUT2D eigenvalue weighted by molar-refractivity contribution is -0.139. The van der Waals surface area contributed by atoms with Gasteiger partial charge in [-0.05, 0) is 38.8 Å². The number of hydrogen-bond acceptors (Lipinski definition) is 7. The van der Waals surface area contributed by atoms with Crippen LogP contribution in [0.2, 0.25) is 0 Å². The summed E-state index contributed by atoms with van der Waals surface area (Å²) in [7, 11) is 1.57. The van der Waals surface area contributed by atoms with Crippen LogP contribution >= 0.6 is 0 Å². The molecule has 0 saturated carbocycles. The fraction of sp³-hybridized carbons (Fsp3) is 0.810. The molecule has 0 bridgehead atoms. The van der Waals surface area contributed by atoms with Gasteiger partial charge in [0.2, 0.25) is 11.8 Å². The van der Waals surface area contributed by atoms with Crippen molar-refractivity contribution in [3.63, 3.8) is 0 Å². The van der Waals surface area contributed by atoms with E-state index in [9.17, 15) is 9.59 Å². The molecule has 0 radical (unpaired) electrons. The Balaban J connectivity index is 1.53. The summed E-state index contributed by atoms with van der Waals surface area (Å²) in [6.45, 7) is 6.28.